The number of nitrogens with one attached hydrogen (secondary N) is 1. The molecule has 2 fully saturated rings. The number of amides is 1. The predicted molar refractivity (Wildman–Crippen MR) is 73.1 cm³/mol. The number of carbonyl (C=O) groups is 1. The second-order valence-corrected chi connectivity index (χ2v) is 6.71. The maximum Gasteiger partial charge on any atom is 0.223 e. The van der Waals surface area contributed by atoms with Gasteiger partial charge in [0.1, 0.15) is 0 Å². The minimum absolute atomic E-state index is 0.257. The van der Waals surface area contributed by atoms with Crippen LogP contribution in [0.4, 0.5) is 0 Å². The fourth-order valence-electron chi connectivity index (χ4n) is 4.16. The van der Waals surface area contributed by atoms with Gasteiger partial charge < -0.3 is 5.32 Å². The Morgan fingerprint density at radius 2 is 2.06 bits per heavy atom. The Labute approximate surface area is 110 Å². The van der Waals surface area contributed by atoms with Crippen molar-refractivity contribution in [3.63, 3.8) is 0 Å². The van der Waals surface area contributed by atoms with Crippen LogP contribution in [0.2, 0.25) is 0 Å². The minimum Gasteiger partial charge on any atom is -0.353 e. The van der Waals surface area contributed by atoms with Crippen molar-refractivity contribution in [1.29, 1.82) is 0 Å². The molecule has 18 heavy (non-hydrogen) atoms. The van der Waals surface area contributed by atoms with Crippen molar-refractivity contribution >= 4 is 5.91 Å². The molecule has 0 aromatic carbocycles. The first-order valence-corrected chi connectivity index (χ1v) is 7.67. The van der Waals surface area contributed by atoms with E-state index in [-0.39, 0.29) is 11.3 Å². The van der Waals surface area contributed by atoms with Crippen LogP contribution in [0.3, 0.4) is 0 Å². The summed E-state index contributed by atoms with van der Waals surface area (Å²) < 4.78 is 0. The van der Waals surface area contributed by atoms with Gasteiger partial charge in [-0.15, -0.1) is 0 Å². The lowest BCUT2D eigenvalue weighted by atomic mass is 9.50. The third-order valence-corrected chi connectivity index (χ3v) is 5.62. The van der Waals surface area contributed by atoms with Crippen molar-refractivity contribution in [1.82, 2.24) is 5.32 Å². The Morgan fingerprint density at radius 1 is 1.28 bits per heavy atom. The Balaban J connectivity index is 1.58. The third kappa shape index (κ3) is 2.00. The fraction of sp³-hybridized carbons (Fsp3) is 0.812. The van der Waals surface area contributed by atoms with Gasteiger partial charge in [-0.2, -0.15) is 0 Å². The maximum atomic E-state index is 12.4. The number of allylic oxidation sites excluding steroid dienone is 2. The van der Waals surface area contributed by atoms with E-state index in [0.29, 0.717) is 17.9 Å². The van der Waals surface area contributed by atoms with E-state index >= 15 is 0 Å². The molecular weight excluding hydrogens is 222 g/mol. The van der Waals surface area contributed by atoms with Crippen LogP contribution in [0.1, 0.15) is 58.3 Å². The average molecular weight is 247 g/mol. The van der Waals surface area contributed by atoms with E-state index in [0.717, 1.165) is 12.8 Å². The molecule has 0 bridgehead atoms. The van der Waals surface area contributed by atoms with Crippen molar-refractivity contribution in [2.75, 3.05) is 0 Å². The monoisotopic (exact) mass is 247 g/mol. The molecule has 3 rings (SSSR count). The van der Waals surface area contributed by atoms with Crippen LogP contribution >= 0.6 is 0 Å². The lowest BCUT2D eigenvalue weighted by Gasteiger charge is -2.54. The molecule has 1 N–H and O–H groups in total. The molecule has 2 saturated carbocycles. The molecule has 0 heterocycles. The van der Waals surface area contributed by atoms with Crippen LogP contribution in [0.15, 0.2) is 12.2 Å². The van der Waals surface area contributed by atoms with Crippen molar-refractivity contribution < 1.29 is 4.79 Å². The van der Waals surface area contributed by atoms with Crippen LogP contribution in [0.25, 0.3) is 0 Å². The van der Waals surface area contributed by atoms with Gasteiger partial charge in [0.05, 0.1) is 0 Å². The summed E-state index contributed by atoms with van der Waals surface area (Å²) in [7, 11) is 0. The van der Waals surface area contributed by atoms with Gasteiger partial charge in [0, 0.05) is 12.0 Å². The fourth-order valence-corrected chi connectivity index (χ4v) is 4.16. The molecule has 100 valence electrons. The lowest BCUT2D eigenvalue weighted by Crippen LogP contribution is -2.55. The Morgan fingerprint density at radius 3 is 2.78 bits per heavy atom. The first-order valence-electron chi connectivity index (χ1n) is 7.67. The Kier molecular flexibility index (Phi) is 3.21. The molecule has 2 heteroatoms. The largest absolute Gasteiger partial charge is 0.353 e. The number of rotatable bonds is 2. The van der Waals surface area contributed by atoms with Crippen LogP contribution in [-0.4, -0.2) is 11.9 Å². The van der Waals surface area contributed by atoms with E-state index in [1.54, 1.807) is 0 Å². The van der Waals surface area contributed by atoms with Gasteiger partial charge in [-0.3, -0.25) is 4.79 Å². The van der Waals surface area contributed by atoms with Crippen LogP contribution in [-0.2, 0) is 4.79 Å². The average Bonchev–Trinajstić information content (AvgIpc) is 2.36. The number of carbonyl (C=O) groups excluding carboxylic acids is 1. The summed E-state index contributed by atoms with van der Waals surface area (Å²) in [5.41, 5.74) is 0.257. The summed E-state index contributed by atoms with van der Waals surface area (Å²) in [6.07, 6.45) is 14.4. The zero-order valence-corrected chi connectivity index (χ0v) is 11.5. The molecule has 3 aliphatic rings. The predicted octanol–water partition coefficient (Wildman–Crippen LogP) is 3.43. The van der Waals surface area contributed by atoms with Crippen molar-refractivity contribution in [2.24, 2.45) is 17.3 Å². The van der Waals surface area contributed by atoms with Gasteiger partial charge in [0.15, 0.2) is 0 Å². The molecule has 0 aromatic heterocycles. The SMILES string of the molecule is CC12CCC=CC1CC2C(=O)NC1CCCCC1. The molecule has 2 nitrogen and oxygen atoms in total. The van der Waals surface area contributed by atoms with Crippen LogP contribution in [0, 0.1) is 17.3 Å². The second-order valence-electron chi connectivity index (χ2n) is 6.71. The highest BCUT2D eigenvalue weighted by Gasteiger charge is 2.54. The van der Waals surface area contributed by atoms with Crippen molar-refractivity contribution in [3.8, 4) is 0 Å². The molecule has 1 amide bonds. The van der Waals surface area contributed by atoms with Gasteiger partial charge in [0.2, 0.25) is 5.91 Å². The maximum absolute atomic E-state index is 12.4. The molecule has 0 aromatic rings. The summed E-state index contributed by atoms with van der Waals surface area (Å²) in [6, 6.07) is 0.466. The Bertz CT molecular complexity index is 356. The van der Waals surface area contributed by atoms with Gasteiger partial charge in [-0.05, 0) is 43.4 Å². The molecular formula is C16H25NO. The van der Waals surface area contributed by atoms with Crippen LogP contribution in [0.5, 0.6) is 0 Å². The normalized spacial score (nSPS) is 39.8. The highest BCUT2D eigenvalue weighted by Crippen LogP contribution is 2.57. The first-order chi connectivity index (χ1) is 8.70. The quantitative estimate of drug-likeness (QED) is 0.744. The second kappa shape index (κ2) is 4.71. The molecule has 3 atom stereocenters. The summed E-state index contributed by atoms with van der Waals surface area (Å²) >= 11 is 0. The third-order valence-electron chi connectivity index (χ3n) is 5.62. The summed E-state index contributed by atoms with van der Waals surface area (Å²) in [5.74, 6) is 1.28. The standard InChI is InChI=1S/C16H25NO/c1-16-10-6-5-7-12(16)11-14(16)15(18)17-13-8-3-2-4-9-13/h5,7,12-14H,2-4,6,8-11H2,1H3,(H,17,18). The first kappa shape index (κ1) is 12.3. The molecule has 0 radical (unpaired) electrons. The molecule has 3 aliphatic carbocycles. The van der Waals surface area contributed by atoms with E-state index in [1.165, 1.54) is 38.5 Å². The van der Waals surface area contributed by atoms with E-state index in [1.807, 2.05) is 0 Å². The van der Waals surface area contributed by atoms with Gasteiger partial charge >= 0.3 is 0 Å². The summed E-state index contributed by atoms with van der Waals surface area (Å²) in [4.78, 5) is 12.4. The lowest BCUT2D eigenvalue weighted by molar-refractivity contribution is -0.141. The highest BCUT2D eigenvalue weighted by atomic mass is 16.2. The number of hydrogen-bond acceptors (Lipinski definition) is 1. The topological polar surface area (TPSA) is 29.1 Å². The van der Waals surface area contributed by atoms with E-state index in [2.05, 4.69) is 24.4 Å². The molecule has 0 aliphatic heterocycles. The zero-order valence-electron chi connectivity index (χ0n) is 11.5. The number of hydrogen-bond donors (Lipinski definition) is 1. The van der Waals surface area contributed by atoms with E-state index < -0.39 is 0 Å². The van der Waals surface area contributed by atoms with E-state index in [4.69, 9.17) is 0 Å². The summed E-state index contributed by atoms with van der Waals surface area (Å²) in [5, 5.41) is 3.32. The van der Waals surface area contributed by atoms with E-state index in [9.17, 15) is 4.79 Å². The van der Waals surface area contributed by atoms with Crippen molar-refractivity contribution in [2.45, 2.75) is 64.3 Å². The van der Waals surface area contributed by atoms with Gasteiger partial charge in [-0.1, -0.05) is 38.3 Å². The molecule has 0 saturated heterocycles. The molecule has 3 unspecified atom stereocenters. The molecule has 0 spiro atoms. The summed E-state index contributed by atoms with van der Waals surface area (Å²) in [6.45, 7) is 2.32. The zero-order chi connectivity index (χ0) is 12.6. The minimum atomic E-state index is 0.257. The van der Waals surface area contributed by atoms with Crippen molar-refractivity contribution in [3.05, 3.63) is 12.2 Å². The number of fused-ring (bicyclic) bond motifs is 1. The van der Waals surface area contributed by atoms with Gasteiger partial charge in [-0.25, -0.2) is 0 Å². The highest BCUT2D eigenvalue weighted by molar-refractivity contribution is 5.81. The van der Waals surface area contributed by atoms with Gasteiger partial charge in [0.25, 0.3) is 0 Å². The van der Waals surface area contributed by atoms with Crippen LogP contribution < -0.4 is 5.32 Å². The smallest absolute Gasteiger partial charge is 0.223 e. The Hall–Kier alpha value is -0.790.